The highest BCUT2D eigenvalue weighted by Crippen LogP contribution is 2.24. The Labute approximate surface area is 179 Å². The van der Waals surface area contributed by atoms with E-state index < -0.39 is 10.0 Å². The number of hydrogen-bond acceptors (Lipinski definition) is 4. The highest BCUT2D eigenvalue weighted by molar-refractivity contribution is 7.89. The van der Waals surface area contributed by atoms with Gasteiger partial charge >= 0.3 is 0 Å². The van der Waals surface area contributed by atoms with Gasteiger partial charge in [0, 0.05) is 33.3 Å². The Bertz CT molecular complexity index is 991. The van der Waals surface area contributed by atoms with Crippen LogP contribution in [0.4, 0.5) is 11.4 Å². The van der Waals surface area contributed by atoms with Crippen LogP contribution in [0.1, 0.15) is 31.2 Å². The van der Waals surface area contributed by atoms with Crippen molar-refractivity contribution in [2.24, 2.45) is 0 Å². The van der Waals surface area contributed by atoms with Crippen LogP contribution in [0.15, 0.2) is 59.5 Å². The molecule has 0 aromatic heterocycles. The summed E-state index contributed by atoms with van der Waals surface area (Å²) in [6, 6.07) is 14.2. The zero-order valence-corrected chi connectivity index (χ0v) is 18.4. The minimum atomic E-state index is -3.46. The van der Waals surface area contributed by atoms with E-state index >= 15 is 0 Å². The quantitative estimate of drug-likeness (QED) is 0.708. The molecule has 0 unspecified atom stereocenters. The summed E-state index contributed by atoms with van der Waals surface area (Å²) in [6.07, 6.45) is 7.10. The van der Waals surface area contributed by atoms with Gasteiger partial charge < -0.3 is 10.2 Å². The fourth-order valence-electron chi connectivity index (χ4n) is 3.50. The van der Waals surface area contributed by atoms with E-state index in [0.29, 0.717) is 18.0 Å². The van der Waals surface area contributed by atoms with Gasteiger partial charge in [-0.05, 0) is 48.7 Å². The lowest BCUT2D eigenvalue weighted by Gasteiger charge is -2.19. The third-order valence-corrected chi connectivity index (χ3v) is 7.07. The molecule has 2 aromatic carbocycles. The van der Waals surface area contributed by atoms with Gasteiger partial charge in [0.1, 0.15) is 0 Å². The lowest BCUT2D eigenvalue weighted by Crippen LogP contribution is -2.31. The summed E-state index contributed by atoms with van der Waals surface area (Å²) in [6.45, 7) is 1.16. The first-order valence-corrected chi connectivity index (χ1v) is 11.7. The highest BCUT2D eigenvalue weighted by atomic mass is 32.2. The largest absolute Gasteiger partial charge is 0.376 e. The molecule has 0 radical (unpaired) electrons. The smallest absolute Gasteiger partial charge is 0.248 e. The molecule has 1 fully saturated rings. The number of anilines is 2. The summed E-state index contributed by atoms with van der Waals surface area (Å²) in [5, 5.41) is 2.88. The molecule has 2 aromatic rings. The van der Waals surface area contributed by atoms with Gasteiger partial charge in [0.2, 0.25) is 15.9 Å². The zero-order valence-electron chi connectivity index (χ0n) is 17.5. The fraction of sp³-hybridized carbons (Fsp3) is 0.348. The SMILES string of the molecule is CN(C)c1ccccc1NC(=O)/C=C/c1ccc(S(=O)(=O)N2CCCCCC2)cc1. The summed E-state index contributed by atoms with van der Waals surface area (Å²) in [5.74, 6) is -0.245. The zero-order chi connectivity index (χ0) is 21.6. The summed E-state index contributed by atoms with van der Waals surface area (Å²) >= 11 is 0. The molecule has 1 aliphatic heterocycles. The number of rotatable bonds is 6. The number of sulfonamides is 1. The number of carbonyl (C=O) groups excluding carboxylic acids is 1. The Hall–Kier alpha value is -2.64. The van der Waals surface area contributed by atoms with E-state index in [9.17, 15) is 13.2 Å². The average molecular weight is 428 g/mol. The van der Waals surface area contributed by atoms with Crippen LogP contribution in [0.5, 0.6) is 0 Å². The normalized spacial score (nSPS) is 15.7. The second-order valence-electron chi connectivity index (χ2n) is 7.62. The number of para-hydroxylation sites is 2. The van der Waals surface area contributed by atoms with Crippen LogP contribution < -0.4 is 10.2 Å². The molecule has 0 saturated carbocycles. The predicted octanol–water partition coefficient (Wildman–Crippen LogP) is 3.97. The second-order valence-corrected chi connectivity index (χ2v) is 9.56. The van der Waals surface area contributed by atoms with Crippen molar-refractivity contribution in [2.45, 2.75) is 30.6 Å². The Morgan fingerprint density at radius 3 is 2.23 bits per heavy atom. The maximum absolute atomic E-state index is 12.8. The number of nitrogens with one attached hydrogen (secondary N) is 1. The van der Waals surface area contributed by atoms with Crippen molar-refractivity contribution in [1.82, 2.24) is 4.31 Å². The van der Waals surface area contributed by atoms with E-state index in [-0.39, 0.29) is 5.91 Å². The Morgan fingerprint density at radius 2 is 1.60 bits per heavy atom. The molecule has 0 atom stereocenters. The molecular formula is C23H29N3O3S. The van der Waals surface area contributed by atoms with Crippen molar-refractivity contribution in [1.29, 1.82) is 0 Å². The molecule has 1 N–H and O–H groups in total. The van der Waals surface area contributed by atoms with Crippen LogP contribution in [0.3, 0.4) is 0 Å². The van der Waals surface area contributed by atoms with Crippen molar-refractivity contribution in [3.63, 3.8) is 0 Å². The molecule has 1 amide bonds. The highest BCUT2D eigenvalue weighted by Gasteiger charge is 2.24. The topological polar surface area (TPSA) is 69.7 Å². The average Bonchev–Trinajstić information content (AvgIpc) is 3.03. The predicted molar refractivity (Wildman–Crippen MR) is 122 cm³/mol. The molecule has 3 rings (SSSR count). The minimum absolute atomic E-state index is 0.245. The summed E-state index contributed by atoms with van der Waals surface area (Å²) in [7, 11) is 0.376. The van der Waals surface area contributed by atoms with E-state index in [2.05, 4.69) is 5.32 Å². The molecule has 0 aliphatic carbocycles. The summed E-state index contributed by atoms with van der Waals surface area (Å²) in [4.78, 5) is 14.5. The van der Waals surface area contributed by atoms with Crippen molar-refractivity contribution in [3.8, 4) is 0 Å². The Kier molecular flexibility index (Phi) is 7.29. The fourth-order valence-corrected chi connectivity index (χ4v) is 5.01. The molecule has 160 valence electrons. The third-order valence-electron chi connectivity index (χ3n) is 5.15. The van der Waals surface area contributed by atoms with Gasteiger partial charge in [-0.1, -0.05) is 37.1 Å². The Morgan fingerprint density at radius 1 is 0.967 bits per heavy atom. The van der Waals surface area contributed by atoms with Gasteiger partial charge in [-0.2, -0.15) is 4.31 Å². The van der Waals surface area contributed by atoms with Crippen LogP contribution in [0.2, 0.25) is 0 Å². The number of benzene rings is 2. The standard InChI is InChI=1S/C23H29N3O3S/c1-25(2)22-10-6-5-9-21(22)24-23(27)16-13-19-11-14-20(15-12-19)30(28,29)26-17-7-3-4-8-18-26/h5-6,9-16H,3-4,7-8,17-18H2,1-2H3,(H,24,27)/b16-13+. The number of carbonyl (C=O) groups is 1. The van der Waals surface area contributed by atoms with Crippen molar-refractivity contribution in [2.75, 3.05) is 37.4 Å². The molecule has 1 heterocycles. The molecule has 1 saturated heterocycles. The maximum Gasteiger partial charge on any atom is 0.248 e. The molecule has 6 nitrogen and oxygen atoms in total. The van der Waals surface area contributed by atoms with Crippen molar-refractivity contribution >= 4 is 33.4 Å². The number of nitrogens with zero attached hydrogens (tertiary/aromatic N) is 2. The molecule has 1 aliphatic rings. The van der Waals surface area contributed by atoms with Gasteiger partial charge in [0.25, 0.3) is 0 Å². The van der Waals surface area contributed by atoms with Gasteiger partial charge in [0.05, 0.1) is 16.3 Å². The molecule has 7 heteroatoms. The first-order chi connectivity index (χ1) is 14.4. The van der Waals surface area contributed by atoms with Crippen molar-refractivity contribution in [3.05, 3.63) is 60.2 Å². The van der Waals surface area contributed by atoms with E-state index in [1.165, 1.54) is 6.08 Å². The summed E-state index contributed by atoms with van der Waals surface area (Å²) in [5.41, 5.74) is 2.42. The van der Waals surface area contributed by atoms with Crippen molar-refractivity contribution < 1.29 is 13.2 Å². The Balaban J connectivity index is 1.66. The van der Waals surface area contributed by atoms with Gasteiger partial charge in [-0.3, -0.25) is 4.79 Å². The van der Waals surface area contributed by atoms with Crippen LogP contribution in [-0.4, -0.2) is 45.8 Å². The van der Waals surface area contributed by atoms with E-state index in [4.69, 9.17) is 0 Å². The van der Waals surface area contributed by atoms with Gasteiger partial charge in [0.15, 0.2) is 0 Å². The lowest BCUT2D eigenvalue weighted by molar-refractivity contribution is -0.111. The minimum Gasteiger partial charge on any atom is -0.376 e. The molecular weight excluding hydrogens is 398 g/mol. The monoisotopic (exact) mass is 427 g/mol. The third kappa shape index (κ3) is 5.49. The molecule has 0 bridgehead atoms. The second kappa shape index (κ2) is 9.91. The maximum atomic E-state index is 12.8. The van der Waals surface area contributed by atoms with Crippen LogP contribution in [0, 0.1) is 0 Å². The first kappa shape index (κ1) is 22.1. The molecule has 30 heavy (non-hydrogen) atoms. The number of amides is 1. The van der Waals surface area contributed by atoms with Crippen LogP contribution in [0.25, 0.3) is 6.08 Å². The van der Waals surface area contributed by atoms with E-state index in [0.717, 1.165) is 42.6 Å². The molecule has 0 spiro atoms. The van der Waals surface area contributed by atoms with Gasteiger partial charge in [-0.15, -0.1) is 0 Å². The lowest BCUT2D eigenvalue weighted by atomic mass is 10.2. The van der Waals surface area contributed by atoms with Crippen LogP contribution in [-0.2, 0) is 14.8 Å². The number of hydrogen-bond donors (Lipinski definition) is 1. The first-order valence-electron chi connectivity index (χ1n) is 10.2. The van der Waals surface area contributed by atoms with E-state index in [1.54, 1.807) is 34.6 Å². The summed E-state index contributed by atoms with van der Waals surface area (Å²) < 4.78 is 27.3. The van der Waals surface area contributed by atoms with E-state index in [1.807, 2.05) is 43.3 Å². The van der Waals surface area contributed by atoms with Crippen LogP contribution >= 0.6 is 0 Å². The van der Waals surface area contributed by atoms with Gasteiger partial charge in [-0.25, -0.2) is 8.42 Å².